The first-order valence-electron chi connectivity index (χ1n) is 5.22. The molecule has 0 radical (unpaired) electrons. The van der Waals surface area contributed by atoms with Crippen molar-refractivity contribution >= 4 is 17.8 Å². The number of hydrogen-bond donors (Lipinski definition) is 1. The summed E-state index contributed by atoms with van der Waals surface area (Å²) in [5.74, 6) is -2.24. The second-order valence-corrected chi connectivity index (χ2v) is 4.30. The van der Waals surface area contributed by atoms with Gasteiger partial charge in [0, 0.05) is 12.3 Å². The molecule has 2 fully saturated rings. The fourth-order valence-electron chi connectivity index (χ4n) is 2.22. The molecule has 2 saturated heterocycles. The fourth-order valence-corrected chi connectivity index (χ4v) is 2.22. The van der Waals surface area contributed by atoms with E-state index in [0.29, 0.717) is 13.0 Å². The predicted molar refractivity (Wildman–Crippen MR) is 51.4 cm³/mol. The zero-order chi connectivity index (χ0) is 11.9. The van der Waals surface area contributed by atoms with Gasteiger partial charge in [-0.2, -0.15) is 0 Å². The highest BCUT2D eigenvalue weighted by molar-refractivity contribution is 5.89. The number of carbonyl (C=O) groups excluding carboxylic acids is 2. The van der Waals surface area contributed by atoms with E-state index in [-0.39, 0.29) is 24.4 Å². The van der Waals surface area contributed by atoms with Crippen LogP contribution in [0.25, 0.3) is 0 Å². The van der Waals surface area contributed by atoms with Gasteiger partial charge in [0.05, 0.1) is 13.0 Å². The fraction of sp³-hybridized carbons (Fsp3) is 0.700. The molecule has 0 aromatic carbocycles. The topological polar surface area (TPSA) is 83.9 Å². The standard InChI is InChI=1S/C10H13NO5/c1-5(2-8(12)13)9(14)11-4-6-3-7(11)10(15)16-6/h5-7H,2-4H2,1H3,(H,12,13). The Bertz CT molecular complexity index is 353. The minimum Gasteiger partial charge on any atom is -0.481 e. The van der Waals surface area contributed by atoms with Crippen LogP contribution in [0.1, 0.15) is 19.8 Å². The Hall–Kier alpha value is -1.59. The van der Waals surface area contributed by atoms with Gasteiger partial charge in [0.2, 0.25) is 5.91 Å². The largest absolute Gasteiger partial charge is 0.481 e. The molecule has 2 aliphatic rings. The van der Waals surface area contributed by atoms with E-state index in [0.717, 1.165) is 0 Å². The van der Waals surface area contributed by atoms with Crippen LogP contribution < -0.4 is 0 Å². The molecule has 0 aliphatic carbocycles. The van der Waals surface area contributed by atoms with Gasteiger partial charge in [-0.1, -0.05) is 6.92 Å². The number of carboxylic acids is 1. The zero-order valence-corrected chi connectivity index (χ0v) is 8.88. The maximum Gasteiger partial charge on any atom is 0.329 e. The SMILES string of the molecule is CC(CC(=O)O)C(=O)N1CC2CC1C(=O)O2. The van der Waals surface area contributed by atoms with E-state index in [9.17, 15) is 14.4 Å². The van der Waals surface area contributed by atoms with Crippen molar-refractivity contribution in [2.75, 3.05) is 6.54 Å². The number of hydrogen-bond acceptors (Lipinski definition) is 4. The van der Waals surface area contributed by atoms with E-state index < -0.39 is 17.9 Å². The summed E-state index contributed by atoms with van der Waals surface area (Å²) in [5.41, 5.74) is 0. The molecule has 2 bridgehead atoms. The smallest absolute Gasteiger partial charge is 0.329 e. The summed E-state index contributed by atoms with van der Waals surface area (Å²) in [6.45, 7) is 1.97. The first-order chi connectivity index (χ1) is 7.49. The van der Waals surface area contributed by atoms with Crippen LogP contribution in [0.5, 0.6) is 0 Å². The summed E-state index contributed by atoms with van der Waals surface area (Å²) in [6.07, 6.45) is 0.144. The number of esters is 1. The molecule has 3 unspecified atom stereocenters. The van der Waals surface area contributed by atoms with E-state index in [1.807, 2.05) is 0 Å². The van der Waals surface area contributed by atoms with Crippen LogP contribution in [-0.4, -0.2) is 46.5 Å². The van der Waals surface area contributed by atoms with Crippen molar-refractivity contribution in [2.24, 2.45) is 5.92 Å². The number of likely N-dealkylation sites (tertiary alicyclic amines) is 1. The van der Waals surface area contributed by atoms with Crippen LogP contribution in [0.3, 0.4) is 0 Å². The van der Waals surface area contributed by atoms with Crippen LogP contribution in [0.15, 0.2) is 0 Å². The molecule has 2 heterocycles. The summed E-state index contributed by atoms with van der Waals surface area (Å²) in [5, 5.41) is 8.60. The Morgan fingerprint density at radius 2 is 2.31 bits per heavy atom. The lowest BCUT2D eigenvalue weighted by Gasteiger charge is -2.27. The summed E-state index contributed by atoms with van der Waals surface area (Å²) in [6, 6.07) is -0.492. The molecular formula is C10H13NO5. The van der Waals surface area contributed by atoms with E-state index in [1.165, 1.54) is 4.90 Å². The monoisotopic (exact) mass is 227 g/mol. The molecule has 1 N–H and O–H groups in total. The van der Waals surface area contributed by atoms with Crippen molar-refractivity contribution in [1.82, 2.24) is 4.90 Å². The number of amides is 1. The van der Waals surface area contributed by atoms with E-state index in [2.05, 4.69) is 0 Å². The second-order valence-electron chi connectivity index (χ2n) is 4.30. The van der Waals surface area contributed by atoms with Gasteiger partial charge in [-0.15, -0.1) is 0 Å². The Morgan fingerprint density at radius 1 is 1.62 bits per heavy atom. The Labute approximate surface area is 92.2 Å². The van der Waals surface area contributed by atoms with Gasteiger partial charge >= 0.3 is 11.9 Å². The maximum atomic E-state index is 11.9. The minimum absolute atomic E-state index is 0.196. The molecule has 1 amide bonds. The third-order valence-electron chi connectivity index (χ3n) is 3.00. The molecular weight excluding hydrogens is 214 g/mol. The van der Waals surface area contributed by atoms with Crippen molar-refractivity contribution in [3.05, 3.63) is 0 Å². The zero-order valence-electron chi connectivity index (χ0n) is 8.88. The number of carboxylic acid groups (broad SMARTS) is 1. The van der Waals surface area contributed by atoms with Crippen LogP contribution in [-0.2, 0) is 19.1 Å². The van der Waals surface area contributed by atoms with Gasteiger partial charge in [0.25, 0.3) is 0 Å². The van der Waals surface area contributed by atoms with Crippen molar-refractivity contribution in [1.29, 1.82) is 0 Å². The summed E-state index contributed by atoms with van der Waals surface area (Å²) < 4.78 is 4.95. The van der Waals surface area contributed by atoms with Crippen LogP contribution in [0, 0.1) is 5.92 Å². The molecule has 2 rings (SSSR count). The Morgan fingerprint density at radius 3 is 2.81 bits per heavy atom. The summed E-state index contributed by atoms with van der Waals surface area (Å²) in [4.78, 5) is 35.1. The quantitative estimate of drug-likeness (QED) is 0.664. The third-order valence-corrected chi connectivity index (χ3v) is 3.00. The highest BCUT2D eigenvalue weighted by atomic mass is 16.6. The molecule has 0 saturated carbocycles. The van der Waals surface area contributed by atoms with Gasteiger partial charge < -0.3 is 14.7 Å². The summed E-state index contributed by atoms with van der Waals surface area (Å²) in [7, 11) is 0. The van der Waals surface area contributed by atoms with Gasteiger partial charge in [-0.25, -0.2) is 4.79 Å². The number of nitrogens with zero attached hydrogens (tertiary/aromatic N) is 1. The number of rotatable bonds is 3. The van der Waals surface area contributed by atoms with Crippen molar-refractivity contribution < 1.29 is 24.2 Å². The maximum absolute atomic E-state index is 11.9. The molecule has 3 atom stereocenters. The molecule has 2 aliphatic heterocycles. The van der Waals surface area contributed by atoms with Crippen LogP contribution in [0.4, 0.5) is 0 Å². The minimum atomic E-state index is -1.01. The lowest BCUT2D eigenvalue weighted by Crippen LogP contribution is -2.46. The highest BCUT2D eigenvalue weighted by Crippen LogP contribution is 2.30. The molecule has 6 nitrogen and oxygen atoms in total. The molecule has 0 aromatic heterocycles. The third kappa shape index (κ3) is 1.75. The van der Waals surface area contributed by atoms with Gasteiger partial charge in [0.1, 0.15) is 12.1 Å². The highest BCUT2D eigenvalue weighted by Gasteiger charge is 2.49. The normalized spacial score (nSPS) is 29.1. The van der Waals surface area contributed by atoms with E-state index in [4.69, 9.17) is 9.84 Å². The average molecular weight is 227 g/mol. The number of aliphatic carboxylic acids is 1. The Kier molecular flexibility index (Phi) is 2.57. The number of morpholine rings is 1. The first-order valence-corrected chi connectivity index (χ1v) is 5.22. The Balaban J connectivity index is 2.01. The molecule has 0 spiro atoms. The average Bonchev–Trinajstić information content (AvgIpc) is 2.73. The van der Waals surface area contributed by atoms with Gasteiger partial charge in [-0.05, 0) is 0 Å². The number of carbonyl (C=O) groups is 3. The molecule has 16 heavy (non-hydrogen) atoms. The van der Waals surface area contributed by atoms with E-state index in [1.54, 1.807) is 6.92 Å². The molecule has 0 aromatic rings. The van der Waals surface area contributed by atoms with Crippen molar-refractivity contribution in [3.63, 3.8) is 0 Å². The second kappa shape index (κ2) is 3.77. The van der Waals surface area contributed by atoms with Gasteiger partial charge in [0.15, 0.2) is 0 Å². The molecule has 88 valence electrons. The summed E-state index contributed by atoms with van der Waals surface area (Å²) >= 11 is 0. The number of ether oxygens (including phenoxy) is 1. The predicted octanol–water partition coefficient (Wildman–Crippen LogP) is -0.376. The van der Waals surface area contributed by atoms with Gasteiger partial charge in [-0.3, -0.25) is 9.59 Å². The van der Waals surface area contributed by atoms with E-state index >= 15 is 0 Å². The lowest BCUT2D eigenvalue weighted by atomic mass is 10.1. The van der Waals surface area contributed by atoms with Crippen molar-refractivity contribution in [3.8, 4) is 0 Å². The van der Waals surface area contributed by atoms with Crippen LogP contribution in [0.2, 0.25) is 0 Å². The van der Waals surface area contributed by atoms with Crippen molar-refractivity contribution in [2.45, 2.75) is 31.9 Å². The first kappa shape index (κ1) is 10.9. The lowest BCUT2D eigenvalue weighted by molar-refractivity contribution is -0.159. The molecule has 6 heteroatoms. The number of fused-ring (bicyclic) bond motifs is 2. The van der Waals surface area contributed by atoms with Crippen LogP contribution >= 0.6 is 0 Å².